The van der Waals surface area contributed by atoms with Crippen molar-refractivity contribution in [2.75, 3.05) is 25.1 Å². The summed E-state index contributed by atoms with van der Waals surface area (Å²) in [6.45, 7) is 1.27. The summed E-state index contributed by atoms with van der Waals surface area (Å²) in [5.41, 5.74) is 0.113. The Morgan fingerprint density at radius 2 is 1.90 bits per heavy atom. The lowest BCUT2D eigenvalue weighted by molar-refractivity contribution is -0.138. The molecule has 0 radical (unpaired) electrons. The summed E-state index contributed by atoms with van der Waals surface area (Å²) in [5, 5.41) is 14.2. The number of halogens is 3. The first kappa shape index (κ1) is 21.6. The summed E-state index contributed by atoms with van der Waals surface area (Å²) in [7, 11) is 1.51. The molecule has 4 rings (SSSR count). The van der Waals surface area contributed by atoms with Crippen LogP contribution in [0.4, 0.5) is 18.9 Å². The smallest absolute Gasteiger partial charge is 0.416 e. The van der Waals surface area contributed by atoms with Crippen LogP contribution in [-0.4, -0.2) is 43.4 Å². The van der Waals surface area contributed by atoms with E-state index in [4.69, 9.17) is 4.74 Å². The fourth-order valence-corrected chi connectivity index (χ4v) is 4.63. The van der Waals surface area contributed by atoms with Crippen molar-refractivity contribution >= 4 is 11.6 Å². The Morgan fingerprint density at radius 3 is 2.52 bits per heavy atom. The average molecular weight is 434 g/mol. The lowest BCUT2D eigenvalue weighted by atomic mass is 9.86. The molecule has 2 heterocycles. The number of fused-ring (bicyclic) bond motifs is 1. The van der Waals surface area contributed by atoms with Gasteiger partial charge in [-0.2, -0.15) is 13.2 Å². The number of nitrogens with zero attached hydrogens (tertiary/aromatic N) is 1. The van der Waals surface area contributed by atoms with Crippen LogP contribution in [0.15, 0.2) is 42.5 Å². The van der Waals surface area contributed by atoms with Crippen LogP contribution in [0.1, 0.15) is 35.4 Å². The van der Waals surface area contributed by atoms with E-state index < -0.39 is 29.7 Å². The number of rotatable bonds is 3. The van der Waals surface area contributed by atoms with Gasteiger partial charge in [-0.05, 0) is 61.2 Å². The lowest BCUT2D eigenvalue weighted by Crippen LogP contribution is -2.52. The molecule has 1 amide bonds. The number of ether oxygens (including phenoxy) is 1. The van der Waals surface area contributed by atoms with Gasteiger partial charge in [-0.1, -0.05) is 18.2 Å². The third-order valence-corrected chi connectivity index (χ3v) is 6.19. The molecule has 1 fully saturated rings. The molecule has 2 aromatic rings. The Bertz CT molecular complexity index is 940. The lowest BCUT2D eigenvalue weighted by Gasteiger charge is -2.36. The first-order chi connectivity index (χ1) is 14.8. The molecule has 3 atom stereocenters. The minimum Gasteiger partial charge on any atom is -0.497 e. The molecule has 0 aliphatic carbocycles. The molecule has 0 bridgehead atoms. The van der Waals surface area contributed by atoms with Crippen molar-refractivity contribution in [3.63, 3.8) is 0 Å². The zero-order valence-electron chi connectivity index (χ0n) is 17.2. The van der Waals surface area contributed by atoms with Gasteiger partial charge < -0.3 is 20.1 Å². The van der Waals surface area contributed by atoms with Gasteiger partial charge in [0.2, 0.25) is 0 Å². The van der Waals surface area contributed by atoms with E-state index in [2.05, 4.69) is 5.32 Å². The number of piperidine rings is 1. The number of aliphatic hydroxyl groups excluding tert-OH is 1. The minimum atomic E-state index is -4.56. The number of alkyl halides is 3. The van der Waals surface area contributed by atoms with E-state index in [1.165, 1.54) is 18.1 Å². The number of hydrogen-bond donors (Lipinski definition) is 2. The van der Waals surface area contributed by atoms with Gasteiger partial charge in [-0.25, -0.2) is 0 Å². The van der Waals surface area contributed by atoms with Gasteiger partial charge >= 0.3 is 6.18 Å². The SMILES string of the molecule is COc1ccc(C2Cc3c(cccc3C(F)(F)F)N([C@@H]3CCCNC3)C(=O)C2O)cc1. The van der Waals surface area contributed by atoms with Crippen LogP contribution in [-0.2, 0) is 17.4 Å². The standard InChI is InChI=1S/C23H25F3N2O3/c1-31-16-9-7-14(8-10-16)17-12-18-19(23(24,25)26)5-2-6-20(18)28(22(30)21(17)29)15-4-3-11-27-13-15/h2,5-10,15,17,21,27,29H,3-4,11-13H2,1H3/t15-,17?,21?/m1/s1. The third kappa shape index (κ3) is 4.14. The van der Waals surface area contributed by atoms with Crippen LogP contribution in [0.3, 0.4) is 0 Å². The zero-order valence-corrected chi connectivity index (χ0v) is 17.2. The molecule has 0 spiro atoms. The van der Waals surface area contributed by atoms with Gasteiger partial charge in [0.1, 0.15) is 11.9 Å². The third-order valence-electron chi connectivity index (χ3n) is 6.19. The van der Waals surface area contributed by atoms with E-state index in [0.717, 1.165) is 19.0 Å². The summed E-state index contributed by atoms with van der Waals surface area (Å²) >= 11 is 0. The van der Waals surface area contributed by atoms with Crippen LogP contribution in [0.5, 0.6) is 5.75 Å². The molecule has 2 aliphatic rings. The van der Waals surface area contributed by atoms with Crippen LogP contribution in [0, 0.1) is 0 Å². The van der Waals surface area contributed by atoms with Crippen LogP contribution >= 0.6 is 0 Å². The molecule has 0 aromatic heterocycles. The van der Waals surface area contributed by atoms with Crippen molar-refractivity contribution in [2.24, 2.45) is 0 Å². The van der Waals surface area contributed by atoms with E-state index in [1.54, 1.807) is 30.3 Å². The van der Waals surface area contributed by atoms with Gasteiger partial charge in [0.05, 0.1) is 12.7 Å². The number of methoxy groups -OCH3 is 1. The summed E-state index contributed by atoms with van der Waals surface area (Å²) in [6.07, 6.45) is -4.65. The van der Waals surface area contributed by atoms with Gasteiger partial charge in [0.15, 0.2) is 0 Å². The predicted octanol–water partition coefficient (Wildman–Crippen LogP) is 3.50. The second kappa shape index (κ2) is 8.51. The molecule has 0 saturated carbocycles. The molecule has 166 valence electrons. The summed E-state index contributed by atoms with van der Waals surface area (Å²) in [5.74, 6) is -0.778. The maximum absolute atomic E-state index is 13.9. The first-order valence-corrected chi connectivity index (χ1v) is 10.4. The highest BCUT2D eigenvalue weighted by atomic mass is 19.4. The topological polar surface area (TPSA) is 61.8 Å². The van der Waals surface area contributed by atoms with Gasteiger partial charge in [-0.15, -0.1) is 0 Å². The Hall–Kier alpha value is -2.58. The zero-order chi connectivity index (χ0) is 22.2. The van der Waals surface area contributed by atoms with Gasteiger partial charge in [0, 0.05) is 24.2 Å². The maximum Gasteiger partial charge on any atom is 0.416 e. The van der Waals surface area contributed by atoms with E-state index >= 15 is 0 Å². The fourth-order valence-electron chi connectivity index (χ4n) is 4.63. The summed E-state index contributed by atoms with van der Waals surface area (Å²) in [4.78, 5) is 14.8. The largest absolute Gasteiger partial charge is 0.497 e. The molecule has 2 N–H and O–H groups in total. The second-order valence-electron chi connectivity index (χ2n) is 8.04. The molecular weight excluding hydrogens is 409 g/mol. The monoisotopic (exact) mass is 434 g/mol. The highest BCUT2D eigenvalue weighted by Gasteiger charge is 2.43. The van der Waals surface area contributed by atoms with Crippen LogP contribution in [0.25, 0.3) is 0 Å². The van der Waals surface area contributed by atoms with Crippen LogP contribution in [0.2, 0.25) is 0 Å². The summed E-state index contributed by atoms with van der Waals surface area (Å²) in [6, 6.07) is 10.4. The van der Waals surface area contributed by atoms with E-state index in [9.17, 15) is 23.1 Å². The highest BCUT2D eigenvalue weighted by Crippen LogP contribution is 2.43. The molecule has 31 heavy (non-hydrogen) atoms. The second-order valence-corrected chi connectivity index (χ2v) is 8.04. The number of nitrogens with one attached hydrogen (secondary N) is 1. The number of carbonyl (C=O) groups is 1. The number of anilines is 1. The molecule has 2 aromatic carbocycles. The van der Waals surface area contributed by atoms with Crippen molar-refractivity contribution in [3.8, 4) is 5.75 Å². The normalized spacial score (nSPS) is 24.5. The minimum absolute atomic E-state index is 0.0475. The van der Waals surface area contributed by atoms with E-state index in [0.29, 0.717) is 24.3 Å². The Labute approximate surface area is 178 Å². The van der Waals surface area contributed by atoms with Crippen LogP contribution < -0.4 is 15.0 Å². The number of amides is 1. The van der Waals surface area contributed by atoms with Crippen molar-refractivity contribution in [3.05, 3.63) is 59.2 Å². The Morgan fingerprint density at radius 1 is 1.16 bits per heavy atom. The van der Waals surface area contributed by atoms with Crippen molar-refractivity contribution < 1.29 is 27.8 Å². The summed E-state index contributed by atoms with van der Waals surface area (Å²) < 4.78 is 46.9. The number of aliphatic hydroxyl groups is 1. The fraction of sp³-hybridized carbons (Fsp3) is 0.435. The molecular formula is C23H25F3N2O3. The van der Waals surface area contributed by atoms with E-state index in [1.807, 2.05) is 0 Å². The molecule has 2 aliphatic heterocycles. The van der Waals surface area contributed by atoms with Gasteiger partial charge in [-0.3, -0.25) is 4.79 Å². The highest BCUT2D eigenvalue weighted by molar-refractivity contribution is 5.99. The van der Waals surface area contributed by atoms with E-state index in [-0.39, 0.29) is 23.7 Å². The number of carbonyl (C=O) groups excluding carboxylic acids is 1. The number of hydrogen-bond acceptors (Lipinski definition) is 4. The van der Waals surface area contributed by atoms with Crippen molar-refractivity contribution in [1.82, 2.24) is 5.32 Å². The predicted molar refractivity (Wildman–Crippen MR) is 110 cm³/mol. The van der Waals surface area contributed by atoms with Crippen molar-refractivity contribution in [1.29, 1.82) is 0 Å². The molecule has 1 saturated heterocycles. The Balaban J connectivity index is 1.85. The van der Waals surface area contributed by atoms with Crippen molar-refractivity contribution in [2.45, 2.75) is 43.5 Å². The van der Waals surface area contributed by atoms with Gasteiger partial charge in [0.25, 0.3) is 5.91 Å². The average Bonchev–Trinajstić information content (AvgIpc) is 2.88. The molecule has 2 unspecified atom stereocenters. The maximum atomic E-state index is 13.9. The molecule has 8 heteroatoms. The number of benzene rings is 2. The quantitative estimate of drug-likeness (QED) is 0.777. The molecule has 5 nitrogen and oxygen atoms in total. The first-order valence-electron chi connectivity index (χ1n) is 10.4. The Kier molecular flexibility index (Phi) is 5.94.